The third kappa shape index (κ3) is 3.38. The number of likely N-dealkylation sites (tertiary alicyclic amines) is 1. The lowest BCUT2D eigenvalue weighted by Crippen LogP contribution is -2.29. The largest absolute Gasteiger partial charge is 0.493 e. The first-order chi connectivity index (χ1) is 13.2. The van der Waals surface area contributed by atoms with Crippen LogP contribution >= 0.6 is 0 Å². The van der Waals surface area contributed by atoms with E-state index < -0.39 is 0 Å². The topological polar surface area (TPSA) is 51.7 Å². The van der Waals surface area contributed by atoms with Crippen LogP contribution in [0.25, 0.3) is 0 Å². The summed E-state index contributed by atoms with van der Waals surface area (Å²) in [6.07, 6.45) is 7.13. The number of para-hydroxylation sites is 1. The third-order valence-corrected chi connectivity index (χ3v) is 5.77. The lowest BCUT2D eigenvalue weighted by molar-refractivity contribution is 0.0790. The van der Waals surface area contributed by atoms with E-state index in [1.807, 2.05) is 17.0 Å². The Bertz CT molecular complexity index is 849. The number of nitrogens with zero attached hydrogens (tertiary/aromatic N) is 2. The first kappa shape index (κ1) is 17.8. The monoisotopic (exact) mass is 366 g/mol. The number of ether oxygens (including phenoxy) is 2. The Labute approximate surface area is 160 Å². The summed E-state index contributed by atoms with van der Waals surface area (Å²) >= 11 is 0. The summed E-state index contributed by atoms with van der Waals surface area (Å²) in [5.41, 5.74) is 4.24. The van der Waals surface area contributed by atoms with Gasteiger partial charge < -0.3 is 14.4 Å². The maximum Gasteiger partial charge on any atom is 0.255 e. The van der Waals surface area contributed by atoms with E-state index in [0.29, 0.717) is 12.1 Å². The zero-order valence-corrected chi connectivity index (χ0v) is 16.0. The molecule has 27 heavy (non-hydrogen) atoms. The molecule has 1 fully saturated rings. The van der Waals surface area contributed by atoms with Crippen molar-refractivity contribution in [2.75, 3.05) is 27.3 Å². The number of aryl methyl sites for hydroxylation is 2. The fourth-order valence-electron chi connectivity index (χ4n) is 4.32. The Morgan fingerprint density at radius 1 is 1.19 bits per heavy atom. The van der Waals surface area contributed by atoms with Crippen molar-refractivity contribution in [1.29, 1.82) is 0 Å². The van der Waals surface area contributed by atoms with E-state index in [4.69, 9.17) is 9.47 Å². The summed E-state index contributed by atoms with van der Waals surface area (Å²) in [5, 5.41) is 0. The highest BCUT2D eigenvalue weighted by molar-refractivity contribution is 5.94. The van der Waals surface area contributed by atoms with E-state index in [0.717, 1.165) is 42.9 Å². The lowest BCUT2D eigenvalue weighted by atomic mass is 9.95. The SMILES string of the molecule is COc1cccc(C2CCN(C(=O)c3cnc4c(c3)CCCC4)C2)c1OC. The molecule has 0 radical (unpaired) electrons. The van der Waals surface area contributed by atoms with E-state index in [2.05, 4.69) is 17.1 Å². The number of rotatable bonds is 4. The molecule has 1 atom stereocenters. The maximum atomic E-state index is 13.0. The molecule has 1 unspecified atom stereocenters. The summed E-state index contributed by atoms with van der Waals surface area (Å²) in [4.78, 5) is 19.5. The van der Waals surface area contributed by atoms with Crippen LogP contribution in [0.3, 0.4) is 0 Å². The molecular formula is C22H26N2O3. The number of hydrogen-bond acceptors (Lipinski definition) is 4. The molecule has 1 aromatic carbocycles. The molecular weight excluding hydrogens is 340 g/mol. The van der Waals surface area contributed by atoms with Crippen LogP contribution in [0.5, 0.6) is 11.5 Å². The molecule has 2 heterocycles. The normalized spacial score (nSPS) is 18.9. The van der Waals surface area contributed by atoms with Crippen molar-refractivity contribution in [2.24, 2.45) is 0 Å². The van der Waals surface area contributed by atoms with Crippen molar-refractivity contribution in [1.82, 2.24) is 9.88 Å². The van der Waals surface area contributed by atoms with Crippen molar-refractivity contribution < 1.29 is 14.3 Å². The predicted octanol–water partition coefficient (Wildman–Crippen LogP) is 3.61. The number of fused-ring (bicyclic) bond motifs is 1. The molecule has 4 rings (SSSR count). The van der Waals surface area contributed by atoms with Gasteiger partial charge in [0.25, 0.3) is 5.91 Å². The van der Waals surface area contributed by atoms with Crippen LogP contribution in [0.15, 0.2) is 30.5 Å². The number of amides is 1. The van der Waals surface area contributed by atoms with Crippen LogP contribution in [-0.2, 0) is 12.8 Å². The highest BCUT2D eigenvalue weighted by Gasteiger charge is 2.31. The van der Waals surface area contributed by atoms with Crippen molar-refractivity contribution in [2.45, 2.75) is 38.0 Å². The zero-order valence-electron chi connectivity index (χ0n) is 16.0. The Morgan fingerprint density at radius 3 is 2.85 bits per heavy atom. The van der Waals surface area contributed by atoms with Gasteiger partial charge in [-0.15, -0.1) is 0 Å². The second-order valence-corrected chi connectivity index (χ2v) is 7.36. The van der Waals surface area contributed by atoms with Crippen molar-refractivity contribution in [3.63, 3.8) is 0 Å². The van der Waals surface area contributed by atoms with Gasteiger partial charge in [-0.05, 0) is 49.8 Å². The minimum absolute atomic E-state index is 0.0836. The number of pyridine rings is 1. The smallest absolute Gasteiger partial charge is 0.255 e. The highest BCUT2D eigenvalue weighted by Crippen LogP contribution is 2.39. The highest BCUT2D eigenvalue weighted by atomic mass is 16.5. The molecule has 1 saturated heterocycles. The van der Waals surface area contributed by atoms with Gasteiger partial charge in [-0.3, -0.25) is 9.78 Å². The standard InChI is InChI=1S/C22H26N2O3/c1-26-20-9-5-7-18(21(20)27-2)16-10-11-24(14-16)22(25)17-12-15-6-3-4-8-19(15)23-13-17/h5,7,9,12-13,16H,3-4,6,8,10-11,14H2,1-2H3. The predicted molar refractivity (Wildman–Crippen MR) is 104 cm³/mol. The number of aromatic nitrogens is 1. The summed E-state index contributed by atoms with van der Waals surface area (Å²) < 4.78 is 11.0. The number of methoxy groups -OCH3 is 2. The molecule has 1 amide bonds. The van der Waals surface area contributed by atoms with Gasteiger partial charge >= 0.3 is 0 Å². The van der Waals surface area contributed by atoms with Crippen LogP contribution in [-0.4, -0.2) is 43.1 Å². The van der Waals surface area contributed by atoms with E-state index in [1.165, 1.54) is 24.1 Å². The quantitative estimate of drug-likeness (QED) is 0.829. The van der Waals surface area contributed by atoms with Crippen molar-refractivity contribution in [3.05, 3.63) is 52.8 Å². The van der Waals surface area contributed by atoms with Crippen molar-refractivity contribution >= 4 is 5.91 Å². The molecule has 5 nitrogen and oxygen atoms in total. The van der Waals surface area contributed by atoms with E-state index >= 15 is 0 Å². The summed E-state index contributed by atoms with van der Waals surface area (Å²) in [6, 6.07) is 8.01. The minimum Gasteiger partial charge on any atom is -0.493 e. The zero-order chi connectivity index (χ0) is 18.8. The van der Waals surface area contributed by atoms with Gasteiger partial charge in [0.1, 0.15) is 0 Å². The number of carbonyl (C=O) groups is 1. The van der Waals surface area contributed by atoms with E-state index in [-0.39, 0.29) is 11.8 Å². The fourth-order valence-corrected chi connectivity index (χ4v) is 4.32. The van der Waals surface area contributed by atoms with Gasteiger partial charge in [0.15, 0.2) is 11.5 Å². The molecule has 5 heteroatoms. The Kier molecular flexibility index (Phi) is 5.01. The summed E-state index contributed by atoms with van der Waals surface area (Å²) in [5.74, 6) is 1.85. The molecule has 1 aliphatic heterocycles. The molecule has 142 valence electrons. The van der Waals surface area contributed by atoms with Gasteiger partial charge in [-0.2, -0.15) is 0 Å². The van der Waals surface area contributed by atoms with Gasteiger partial charge in [0, 0.05) is 36.5 Å². The average Bonchev–Trinajstić information content (AvgIpc) is 3.22. The van der Waals surface area contributed by atoms with Crippen LogP contribution in [0.2, 0.25) is 0 Å². The average molecular weight is 366 g/mol. The number of hydrogen-bond donors (Lipinski definition) is 0. The van der Waals surface area contributed by atoms with Crippen molar-refractivity contribution in [3.8, 4) is 11.5 Å². The third-order valence-electron chi connectivity index (χ3n) is 5.77. The Morgan fingerprint density at radius 2 is 2.04 bits per heavy atom. The van der Waals surface area contributed by atoms with Gasteiger partial charge in [-0.1, -0.05) is 12.1 Å². The summed E-state index contributed by atoms with van der Waals surface area (Å²) in [7, 11) is 3.31. The minimum atomic E-state index is 0.0836. The van der Waals surface area contributed by atoms with Crippen LogP contribution in [0.1, 0.15) is 52.4 Å². The second kappa shape index (κ2) is 7.59. The lowest BCUT2D eigenvalue weighted by Gasteiger charge is -2.20. The molecule has 2 aliphatic rings. The molecule has 0 spiro atoms. The molecule has 0 N–H and O–H groups in total. The fraction of sp³-hybridized carbons (Fsp3) is 0.455. The Hall–Kier alpha value is -2.56. The molecule has 1 aliphatic carbocycles. The first-order valence-electron chi connectivity index (χ1n) is 9.69. The van der Waals surface area contributed by atoms with E-state index in [1.54, 1.807) is 20.4 Å². The number of carbonyl (C=O) groups excluding carboxylic acids is 1. The molecule has 0 saturated carbocycles. The molecule has 0 bridgehead atoms. The molecule has 1 aromatic heterocycles. The second-order valence-electron chi connectivity index (χ2n) is 7.36. The number of benzene rings is 1. The van der Waals surface area contributed by atoms with Gasteiger partial charge in [0.05, 0.1) is 19.8 Å². The van der Waals surface area contributed by atoms with Gasteiger partial charge in [0.2, 0.25) is 0 Å². The Balaban J connectivity index is 1.52. The molecule has 2 aromatic rings. The van der Waals surface area contributed by atoms with E-state index in [9.17, 15) is 4.79 Å². The van der Waals surface area contributed by atoms with Crippen LogP contribution in [0, 0.1) is 0 Å². The van der Waals surface area contributed by atoms with Crippen LogP contribution < -0.4 is 9.47 Å². The van der Waals surface area contributed by atoms with Crippen LogP contribution in [0.4, 0.5) is 0 Å². The first-order valence-corrected chi connectivity index (χ1v) is 9.69. The maximum absolute atomic E-state index is 13.0. The summed E-state index contributed by atoms with van der Waals surface area (Å²) in [6.45, 7) is 1.44. The van der Waals surface area contributed by atoms with Gasteiger partial charge in [-0.25, -0.2) is 0 Å².